The lowest BCUT2D eigenvalue weighted by molar-refractivity contribution is 0.0601. The van der Waals surface area contributed by atoms with Gasteiger partial charge in [0, 0.05) is 19.6 Å². The maximum Gasteiger partial charge on any atom is 0.341 e. The SMILES string of the molecule is COC(=O)c1cc(N)cnc1N(CCN(C)C)CC(C)C. The van der Waals surface area contributed by atoms with Crippen molar-refractivity contribution < 1.29 is 9.53 Å². The van der Waals surface area contributed by atoms with Crippen molar-refractivity contribution in [3.05, 3.63) is 17.8 Å². The van der Waals surface area contributed by atoms with E-state index in [0.29, 0.717) is 23.0 Å². The number of anilines is 2. The molecule has 21 heavy (non-hydrogen) atoms. The molecule has 2 N–H and O–H groups in total. The number of nitrogens with zero attached hydrogens (tertiary/aromatic N) is 3. The van der Waals surface area contributed by atoms with E-state index in [0.717, 1.165) is 19.6 Å². The Hall–Kier alpha value is -1.82. The summed E-state index contributed by atoms with van der Waals surface area (Å²) in [5.41, 5.74) is 6.62. The van der Waals surface area contributed by atoms with Crippen molar-refractivity contribution in [2.45, 2.75) is 13.8 Å². The van der Waals surface area contributed by atoms with Crippen LogP contribution in [-0.2, 0) is 4.74 Å². The van der Waals surface area contributed by atoms with Crippen LogP contribution in [0.3, 0.4) is 0 Å². The second-order valence-corrected chi connectivity index (χ2v) is 5.77. The summed E-state index contributed by atoms with van der Waals surface area (Å²) >= 11 is 0. The molecule has 0 amide bonds. The van der Waals surface area contributed by atoms with Crippen LogP contribution in [0.25, 0.3) is 0 Å². The van der Waals surface area contributed by atoms with Crippen LogP contribution in [0.1, 0.15) is 24.2 Å². The minimum absolute atomic E-state index is 0.414. The number of likely N-dealkylation sites (N-methyl/N-ethyl adjacent to an activating group) is 1. The fraction of sp³-hybridized carbons (Fsp3) is 0.600. The number of carbonyl (C=O) groups excluding carboxylic acids is 1. The first kappa shape index (κ1) is 17.2. The molecule has 0 atom stereocenters. The van der Waals surface area contributed by atoms with E-state index in [-0.39, 0.29) is 0 Å². The number of pyridine rings is 1. The first-order chi connectivity index (χ1) is 9.85. The van der Waals surface area contributed by atoms with E-state index in [1.807, 2.05) is 14.1 Å². The third-order valence-electron chi connectivity index (χ3n) is 3.00. The summed E-state index contributed by atoms with van der Waals surface area (Å²) in [5.74, 6) is 0.673. The van der Waals surface area contributed by atoms with E-state index in [4.69, 9.17) is 10.5 Å². The van der Waals surface area contributed by atoms with Crippen molar-refractivity contribution >= 4 is 17.5 Å². The summed E-state index contributed by atoms with van der Waals surface area (Å²) in [6.45, 7) is 6.75. The van der Waals surface area contributed by atoms with Gasteiger partial charge in [-0.25, -0.2) is 9.78 Å². The zero-order valence-electron chi connectivity index (χ0n) is 13.6. The van der Waals surface area contributed by atoms with Gasteiger partial charge in [0.05, 0.1) is 19.0 Å². The summed E-state index contributed by atoms with van der Waals surface area (Å²) in [6, 6.07) is 1.62. The molecule has 0 aliphatic rings. The quantitative estimate of drug-likeness (QED) is 0.768. The van der Waals surface area contributed by atoms with E-state index < -0.39 is 5.97 Å². The van der Waals surface area contributed by atoms with E-state index in [9.17, 15) is 4.79 Å². The molecular weight excluding hydrogens is 268 g/mol. The molecule has 6 nitrogen and oxygen atoms in total. The molecule has 1 heterocycles. The number of hydrogen-bond donors (Lipinski definition) is 1. The van der Waals surface area contributed by atoms with Gasteiger partial charge in [0.2, 0.25) is 0 Å². The molecule has 118 valence electrons. The second kappa shape index (κ2) is 7.83. The van der Waals surface area contributed by atoms with Crippen LogP contribution >= 0.6 is 0 Å². The summed E-state index contributed by atoms with van der Waals surface area (Å²) < 4.78 is 4.84. The molecule has 0 radical (unpaired) electrons. The van der Waals surface area contributed by atoms with Gasteiger partial charge in [0.1, 0.15) is 11.4 Å². The maximum absolute atomic E-state index is 12.0. The molecule has 0 aliphatic heterocycles. The lowest BCUT2D eigenvalue weighted by atomic mass is 10.1. The Kier molecular flexibility index (Phi) is 6.42. The lowest BCUT2D eigenvalue weighted by Crippen LogP contribution is -2.36. The molecular formula is C15H26N4O2. The van der Waals surface area contributed by atoms with Crippen LogP contribution in [-0.4, -0.2) is 56.7 Å². The van der Waals surface area contributed by atoms with E-state index in [2.05, 4.69) is 28.6 Å². The fourth-order valence-corrected chi connectivity index (χ4v) is 2.03. The highest BCUT2D eigenvalue weighted by atomic mass is 16.5. The number of nitrogens with two attached hydrogens (primary N) is 1. The van der Waals surface area contributed by atoms with Gasteiger partial charge in [-0.1, -0.05) is 13.8 Å². The highest BCUT2D eigenvalue weighted by Gasteiger charge is 2.20. The Bertz CT molecular complexity index is 475. The second-order valence-electron chi connectivity index (χ2n) is 5.77. The standard InChI is InChI=1S/C15H26N4O2/c1-11(2)10-19(7-6-18(3)4)14-13(15(20)21-5)8-12(16)9-17-14/h8-9,11H,6-7,10,16H2,1-5H3. The van der Waals surface area contributed by atoms with Gasteiger partial charge in [-0.3, -0.25) is 0 Å². The molecule has 0 fully saturated rings. The van der Waals surface area contributed by atoms with Crippen molar-refractivity contribution in [3.63, 3.8) is 0 Å². The highest BCUT2D eigenvalue weighted by molar-refractivity contribution is 5.95. The fourth-order valence-electron chi connectivity index (χ4n) is 2.03. The first-order valence-corrected chi connectivity index (χ1v) is 7.08. The number of methoxy groups -OCH3 is 1. The molecule has 0 saturated heterocycles. The molecule has 0 bridgehead atoms. The summed E-state index contributed by atoms with van der Waals surface area (Å²) in [5, 5.41) is 0. The maximum atomic E-state index is 12.0. The molecule has 1 aromatic rings. The minimum Gasteiger partial charge on any atom is -0.465 e. The highest BCUT2D eigenvalue weighted by Crippen LogP contribution is 2.22. The van der Waals surface area contributed by atoms with E-state index >= 15 is 0 Å². The molecule has 0 saturated carbocycles. The Morgan fingerprint density at radius 1 is 1.38 bits per heavy atom. The summed E-state index contributed by atoms with van der Waals surface area (Å²) in [4.78, 5) is 20.5. The van der Waals surface area contributed by atoms with Crippen molar-refractivity contribution in [3.8, 4) is 0 Å². The zero-order chi connectivity index (χ0) is 16.0. The lowest BCUT2D eigenvalue weighted by Gasteiger charge is -2.28. The topological polar surface area (TPSA) is 71.7 Å². The van der Waals surface area contributed by atoms with Crippen molar-refractivity contribution in [2.75, 3.05) is 51.5 Å². The van der Waals surface area contributed by atoms with Crippen LogP contribution in [0.2, 0.25) is 0 Å². The van der Waals surface area contributed by atoms with Gasteiger partial charge in [-0.15, -0.1) is 0 Å². The van der Waals surface area contributed by atoms with Crippen LogP contribution in [0.5, 0.6) is 0 Å². The van der Waals surface area contributed by atoms with E-state index in [1.165, 1.54) is 7.11 Å². The smallest absolute Gasteiger partial charge is 0.341 e. The third kappa shape index (κ3) is 5.23. The Balaban J connectivity index is 3.12. The molecule has 1 rings (SSSR count). The molecule has 0 spiro atoms. The van der Waals surface area contributed by atoms with Gasteiger partial charge in [-0.05, 0) is 26.1 Å². The van der Waals surface area contributed by atoms with Crippen LogP contribution in [0.4, 0.5) is 11.5 Å². The van der Waals surface area contributed by atoms with Gasteiger partial charge in [-0.2, -0.15) is 0 Å². The Morgan fingerprint density at radius 3 is 2.57 bits per heavy atom. The normalized spacial score (nSPS) is 11.0. The van der Waals surface area contributed by atoms with Gasteiger partial charge >= 0.3 is 5.97 Å². The average Bonchev–Trinajstić information content (AvgIpc) is 2.42. The summed E-state index contributed by atoms with van der Waals surface area (Å²) in [6.07, 6.45) is 1.57. The molecule has 6 heteroatoms. The van der Waals surface area contributed by atoms with Crippen molar-refractivity contribution in [1.29, 1.82) is 0 Å². The number of nitrogen functional groups attached to an aromatic ring is 1. The number of hydrogen-bond acceptors (Lipinski definition) is 6. The number of esters is 1. The van der Waals surface area contributed by atoms with Gasteiger partial charge in [0.15, 0.2) is 0 Å². The first-order valence-electron chi connectivity index (χ1n) is 7.08. The number of rotatable bonds is 7. The van der Waals surface area contributed by atoms with Crippen LogP contribution in [0.15, 0.2) is 12.3 Å². The largest absolute Gasteiger partial charge is 0.465 e. The molecule has 1 aromatic heterocycles. The van der Waals surface area contributed by atoms with Crippen LogP contribution in [0, 0.1) is 5.92 Å². The molecule has 0 aliphatic carbocycles. The summed E-state index contributed by atoms with van der Waals surface area (Å²) in [7, 11) is 5.40. The predicted molar refractivity (Wildman–Crippen MR) is 85.6 cm³/mol. The monoisotopic (exact) mass is 294 g/mol. The van der Waals surface area contributed by atoms with E-state index in [1.54, 1.807) is 12.3 Å². The van der Waals surface area contributed by atoms with Crippen molar-refractivity contribution in [2.24, 2.45) is 5.92 Å². The van der Waals surface area contributed by atoms with Gasteiger partial charge in [0.25, 0.3) is 0 Å². The Labute approximate surface area is 126 Å². The average molecular weight is 294 g/mol. The Morgan fingerprint density at radius 2 is 2.05 bits per heavy atom. The van der Waals surface area contributed by atoms with Crippen LogP contribution < -0.4 is 10.6 Å². The number of carbonyl (C=O) groups is 1. The minimum atomic E-state index is -0.414. The molecule has 0 aromatic carbocycles. The third-order valence-corrected chi connectivity index (χ3v) is 3.00. The van der Waals surface area contributed by atoms with Crippen molar-refractivity contribution in [1.82, 2.24) is 9.88 Å². The molecule has 0 unspecified atom stereocenters. The predicted octanol–water partition coefficient (Wildman–Crippen LogP) is 1.47. The zero-order valence-corrected chi connectivity index (χ0v) is 13.6. The van der Waals surface area contributed by atoms with Gasteiger partial charge < -0.3 is 20.3 Å². The number of aromatic nitrogens is 1. The number of ether oxygens (including phenoxy) is 1.